The molecule has 27 heavy (non-hydrogen) atoms. The summed E-state index contributed by atoms with van der Waals surface area (Å²) in [5.41, 5.74) is 8.37. The van der Waals surface area contributed by atoms with Gasteiger partial charge in [-0.05, 0) is 49.4 Å². The predicted octanol–water partition coefficient (Wildman–Crippen LogP) is 2.75. The molecule has 2 N–H and O–H groups in total. The van der Waals surface area contributed by atoms with Crippen LogP contribution in [-0.2, 0) is 16.1 Å². The van der Waals surface area contributed by atoms with Gasteiger partial charge >= 0.3 is 0 Å². The van der Waals surface area contributed by atoms with Crippen molar-refractivity contribution in [2.24, 2.45) is 11.7 Å². The lowest BCUT2D eigenvalue weighted by Crippen LogP contribution is -2.46. The molecule has 2 aromatic rings. The highest BCUT2D eigenvalue weighted by molar-refractivity contribution is 5.78. The van der Waals surface area contributed by atoms with Crippen LogP contribution in [0.2, 0.25) is 0 Å². The van der Waals surface area contributed by atoms with Gasteiger partial charge in [-0.1, -0.05) is 19.1 Å². The van der Waals surface area contributed by atoms with E-state index >= 15 is 0 Å². The van der Waals surface area contributed by atoms with Gasteiger partial charge in [0.1, 0.15) is 0 Å². The fraction of sp³-hybridized carbons (Fsp3) is 0.524. The number of carbonyl (C=O) groups is 1. The van der Waals surface area contributed by atoms with Crippen LogP contribution in [0.3, 0.4) is 0 Å². The van der Waals surface area contributed by atoms with Crippen molar-refractivity contribution in [1.82, 2.24) is 14.7 Å². The fourth-order valence-corrected chi connectivity index (χ4v) is 3.72. The number of hydrogen-bond donors (Lipinski definition) is 1. The summed E-state index contributed by atoms with van der Waals surface area (Å²) in [4.78, 5) is 14.7. The second-order valence-electron chi connectivity index (χ2n) is 7.39. The van der Waals surface area contributed by atoms with E-state index in [0.717, 1.165) is 37.1 Å². The number of hydrogen-bond acceptors (Lipinski definition) is 4. The van der Waals surface area contributed by atoms with Crippen molar-refractivity contribution >= 4 is 5.91 Å². The molecule has 1 aliphatic carbocycles. The summed E-state index contributed by atoms with van der Waals surface area (Å²) in [6.45, 7) is 3.43. The van der Waals surface area contributed by atoms with Gasteiger partial charge in [-0.3, -0.25) is 4.79 Å². The normalized spacial score (nSPS) is 22.6. The van der Waals surface area contributed by atoms with E-state index in [4.69, 9.17) is 10.5 Å². The minimum absolute atomic E-state index is 0.00479. The highest BCUT2D eigenvalue weighted by Crippen LogP contribution is 2.27. The van der Waals surface area contributed by atoms with E-state index in [9.17, 15) is 4.79 Å². The van der Waals surface area contributed by atoms with Gasteiger partial charge in [0.2, 0.25) is 5.91 Å². The smallest absolute Gasteiger partial charge is 0.225 e. The van der Waals surface area contributed by atoms with E-state index in [1.807, 2.05) is 53.2 Å². The zero-order valence-corrected chi connectivity index (χ0v) is 16.3. The fourth-order valence-electron chi connectivity index (χ4n) is 3.72. The first-order valence-corrected chi connectivity index (χ1v) is 9.79. The van der Waals surface area contributed by atoms with E-state index in [-0.39, 0.29) is 24.0 Å². The molecule has 1 amide bonds. The first-order valence-electron chi connectivity index (χ1n) is 9.79. The summed E-state index contributed by atoms with van der Waals surface area (Å²) in [5, 5.41) is 4.23. The van der Waals surface area contributed by atoms with Crippen LogP contribution in [-0.4, -0.2) is 46.4 Å². The van der Waals surface area contributed by atoms with Crippen molar-refractivity contribution in [2.75, 3.05) is 13.7 Å². The Labute approximate surface area is 161 Å². The first-order chi connectivity index (χ1) is 13.1. The topological polar surface area (TPSA) is 73.4 Å². The molecular formula is C21H30N4O2. The van der Waals surface area contributed by atoms with Crippen molar-refractivity contribution in [1.29, 1.82) is 0 Å². The Morgan fingerprint density at radius 2 is 2.11 bits per heavy atom. The van der Waals surface area contributed by atoms with Crippen molar-refractivity contribution in [3.8, 4) is 5.69 Å². The van der Waals surface area contributed by atoms with E-state index in [1.165, 1.54) is 0 Å². The van der Waals surface area contributed by atoms with Gasteiger partial charge in [0.05, 0.1) is 11.8 Å². The number of benzene rings is 1. The van der Waals surface area contributed by atoms with E-state index < -0.39 is 0 Å². The molecule has 146 valence electrons. The zero-order chi connectivity index (χ0) is 19.2. The summed E-state index contributed by atoms with van der Waals surface area (Å²) in [5.74, 6) is 0.172. The Morgan fingerprint density at radius 3 is 2.74 bits per heavy atom. The third kappa shape index (κ3) is 4.96. The van der Waals surface area contributed by atoms with Crippen LogP contribution in [0.4, 0.5) is 0 Å². The van der Waals surface area contributed by atoms with Crippen LogP contribution >= 0.6 is 0 Å². The summed E-state index contributed by atoms with van der Waals surface area (Å²) >= 11 is 0. The Kier molecular flexibility index (Phi) is 6.63. The molecular weight excluding hydrogens is 340 g/mol. The van der Waals surface area contributed by atoms with Gasteiger partial charge in [0.25, 0.3) is 0 Å². The van der Waals surface area contributed by atoms with Crippen molar-refractivity contribution in [2.45, 2.75) is 51.3 Å². The first kappa shape index (κ1) is 19.6. The van der Waals surface area contributed by atoms with Gasteiger partial charge in [-0.2, -0.15) is 5.10 Å². The Balaban J connectivity index is 1.53. The number of ether oxygens (including phenoxy) is 1. The van der Waals surface area contributed by atoms with Crippen LogP contribution in [0.1, 0.15) is 38.2 Å². The summed E-state index contributed by atoms with van der Waals surface area (Å²) in [6.07, 6.45) is 7.17. The monoisotopic (exact) mass is 370 g/mol. The van der Waals surface area contributed by atoms with E-state index in [0.29, 0.717) is 13.0 Å². The molecule has 0 aliphatic heterocycles. The number of carbonyl (C=O) groups excluding carboxylic acids is 1. The standard InChI is InChI=1S/C21H30N4O2/c1-3-13-27-20-10-7-17(14-19(20)22)21(26)24(2)15-16-5-8-18(9-6-16)25-12-4-11-23-25/h4-6,8-9,11-12,17,19-20H,3,7,10,13-15,22H2,1-2H3/t17-,19+,20+/m0/s1. The third-order valence-corrected chi connectivity index (χ3v) is 5.22. The lowest BCUT2D eigenvalue weighted by atomic mass is 9.83. The zero-order valence-electron chi connectivity index (χ0n) is 16.3. The minimum Gasteiger partial charge on any atom is -0.377 e. The molecule has 6 heteroatoms. The number of nitrogens with two attached hydrogens (primary N) is 1. The van der Waals surface area contributed by atoms with Crippen molar-refractivity contribution in [3.63, 3.8) is 0 Å². The predicted molar refractivity (Wildman–Crippen MR) is 105 cm³/mol. The van der Waals surface area contributed by atoms with Gasteiger partial charge in [-0.25, -0.2) is 4.68 Å². The molecule has 0 spiro atoms. The maximum atomic E-state index is 12.8. The molecule has 6 nitrogen and oxygen atoms in total. The van der Waals surface area contributed by atoms with E-state index in [1.54, 1.807) is 6.20 Å². The summed E-state index contributed by atoms with van der Waals surface area (Å²) in [6, 6.07) is 9.97. The maximum Gasteiger partial charge on any atom is 0.225 e. The van der Waals surface area contributed by atoms with Crippen LogP contribution in [0.15, 0.2) is 42.7 Å². The van der Waals surface area contributed by atoms with Gasteiger partial charge < -0.3 is 15.4 Å². The number of nitrogens with zero attached hydrogens (tertiary/aromatic N) is 3. The highest BCUT2D eigenvalue weighted by atomic mass is 16.5. The van der Waals surface area contributed by atoms with Crippen molar-refractivity contribution < 1.29 is 9.53 Å². The molecule has 1 fully saturated rings. The molecule has 1 heterocycles. The van der Waals surface area contributed by atoms with E-state index in [2.05, 4.69) is 12.0 Å². The number of aromatic nitrogens is 2. The molecule has 1 saturated carbocycles. The van der Waals surface area contributed by atoms with Gasteiger partial charge in [-0.15, -0.1) is 0 Å². The van der Waals surface area contributed by atoms with Crippen LogP contribution in [0, 0.1) is 5.92 Å². The Bertz CT molecular complexity index is 714. The third-order valence-electron chi connectivity index (χ3n) is 5.22. The number of amides is 1. The highest BCUT2D eigenvalue weighted by Gasteiger charge is 2.33. The van der Waals surface area contributed by atoms with Crippen LogP contribution in [0.5, 0.6) is 0 Å². The molecule has 1 aliphatic rings. The Morgan fingerprint density at radius 1 is 1.33 bits per heavy atom. The second-order valence-corrected chi connectivity index (χ2v) is 7.39. The molecule has 1 aromatic heterocycles. The SMILES string of the molecule is CCCO[C@@H]1CC[C@H](C(=O)N(C)Cc2ccc(-n3cccn3)cc2)C[C@H]1N. The van der Waals surface area contributed by atoms with Gasteiger partial charge in [0.15, 0.2) is 0 Å². The number of rotatable bonds is 7. The largest absolute Gasteiger partial charge is 0.377 e. The minimum atomic E-state index is -0.0546. The molecule has 0 bridgehead atoms. The molecule has 3 atom stereocenters. The Hall–Kier alpha value is -2.18. The molecule has 1 aromatic carbocycles. The average Bonchev–Trinajstić information content (AvgIpc) is 3.21. The molecule has 0 saturated heterocycles. The molecule has 0 radical (unpaired) electrons. The summed E-state index contributed by atoms with van der Waals surface area (Å²) in [7, 11) is 1.87. The van der Waals surface area contributed by atoms with Crippen LogP contribution < -0.4 is 5.73 Å². The second kappa shape index (κ2) is 9.15. The molecule has 3 rings (SSSR count). The average molecular weight is 370 g/mol. The quantitative estimate of drug-likeness (QED) is 0.813. The lowest BCUT2D eigenvalue weighted by Gasteiger charge is -2.34. The maximum absolute atomic E-state index is 12.8. The van der Waals surface area contributed by atoms with Crippen molar-refractivity contribution in [3.05, 3.63) is 48.3 Å². The van der Waals surface area contributed by atoms with Gasteiger partial charge in [0, 0.05) is 44.6 Å². The lowest BCUT2D eigenvalue weighted by molar-refractivity contribution is -0.137. The van der Waals surface area contributed by atoms with Crippen LogP contribution in [0.25, 0.3) is 5.69 Å². The molecule has 0 unspecified atom stereocenters. The summed E-state index contributed by atoms with van der Waals surface area (Å²) < 4.78 is 7.63.